The Hall–Kier alpha value is -1.40. The zero-order valence-corrected chi connectivity index (χ0v) is 10.0. The first kappa shape index (κ1) is 11.1. The number of imide groups is 2. The van der Waals surface area contributed by atoms with Gasteiger partial charge < -0.3 is 0 Å². The maximum atomic E-state index is 11.4. The largest absolute Gasteiger partial charge is 0.336 e. The lowest BCUT2D eigenvalue weighted by atomic mass is 10.3. The van der Waals surface area contributed by atoms with E-state index in [1.165, 1.54) is 12.1 Å². The quantitative estimate of drug-likeness (QED) is 0.634. The summed E-state index contributed by atoms with van der Waals surface area (Å²) in [6.45, 7) is 0. The summed E-state index contributed by atoms with van der Waals surface area (Å²) in [7, 11) is 0. The van der Waals surface area contributed by atoms with Crippen LogP contribution in [0, 0.1) is 0 Å². The highest BCUT2D eigenvalue weighted by Crippen LogP contribution is 2.30. The van der Waals surface area contributed by atoms with Crippen LogP contribution in [-0.4, -0.2) is 17.8 Å². The van der Waals surface area contributed by atoms with Gasteiger partial charge in [-0.1, -0.05) is 27.5 Å². The Kier molecular flexibility index (Phi) is 2.69. The third kappa shape index (κ3) is 1.70. The molecule has 1 aliphatic rings. The van der Waals surface area contributed by atoms with Crippen LogP contribution in [-0.2, 0) is 9.59 Å². The summed E-state index contributed by atoms with van der Waals surface area (Å²) in [5.41, 5.74) is 0.171. The van der Waals surface area contributed by atoms with E-state index in [2.05, 4.69) is 15.9 Å². The van der Waals surface area contributed by atoms with E-state index in [0.717, 1.165) is 0 Å². The minimum absolute atomic E-state index is 0.171. The van der Waals surface area contributed by atoms with E-state index < -0.39 is 17.8 Å². The summed E-state index contributed by atoms with van der Waals surface area (Å²) in [5, 5.41) is 2.10. The monoisotopic (exact) mass is 302 g/mol. The van der Waals surface area contributed by atoms with E-state index in [-0.39, 0.29) is 10.7 Å². The Balaban J connectivity index is 2.52. The van der Waals surface area contributed by atoms with Crippen molar-refractivity contribution in [3.63, 3.8) is 0 Å². The molecule has 1 aliphatic heterocycles. The number of urea groups is 1. The number of nitrogens with zero attached hydrogens (tertiary/aromatic N) is 1. The minimum atomic E-state index is -0.957. The molecule has 1 heterocycles. The molecule has 0 atom stereocenters. The first-order chi connectivity index (χ1) is 7.50. The molecule has 1 aromatic rings. The Morgan fingerprint density at radius 1 is 1.25 bits per heavy atom. The second kappa shape index (κ2) is 3.88. The average Bonchev–Trinajstić information content (AvgIpc) is 2.46. The van der Waals surface area contributed by atoms with Gasteiger partial charge in [-0.2, -0.15) is 0 Å². The molecule has 0 saturated carbocycles. The van der Waals surface area contributed by atoms with Gasteiger partial charge in [-0.25, -0.2) is 9.69 Å². The smallest absolute Gasteiger partial charge is 0.269 e. The molecular weight excluding hydrogens is 299 g/mol. The number of anilines is 1. The first-order valence-electron chi connectivity index (χ1n) is 4.15. The summed E-state index contributed by atoms with van der Waals surface area (Å²) >= 11 is 9.03. The number of benzene rings is 1. The second-order valence-electron chi connectivity index (χ2n) is 3.00. The molecule has 82 valence electrons. The van der Waals surface area contributed by atoms with Gasteiger partial charge in [-0.15, -0.1) is 0 Å². The van der Waals surface area contributed by atoms with E-state index >= 15 is 0 Å². The van der Waals surface area contributed by atoms with Crippen molar-refractivity contribution in [3.8, 4) is 0 Å². The van der Waals surface area contributed by atoms with Crippen LogP contribution >= 0.6 is 27.5 Å². The summed E-state index contributed by atoms with van der Waals surface area (Å²) in [6.07, 6.45) is 0. The fraction of sp³-hybridized carbons (Fsp3) is 0. The number of rotatable bonds is 1. The Morgan fingerprint density at radius 3 is 2.50 bits per heavy atom. The van der Waals surface area contributed by atoms with Crippen molar-refractivity contribution in [3.05, 3.63) is 27.7 Å². The summed E-state index contributed by atoms with van der Waals surface area (Å²) in [5.74, 6) is -1.90. The Labute approximate surface area is 103 Å². The molecule has 2 rings (SSSR count). The van der Waals surface area contributed by atoms with Gasteiger partial charge in [-0.05, 0) is 18.2 Å². The predicted octanol–water partition coefficient (Wildman–Crippen LogP) is 1.69. The Bertz CT molecular complexity index is 517. The summed E-state index contributed by atoms with van der Waals surface area (Å²) in [4.78, 5) is 34.4. The fourth-order valence-corrected chi connectivity index (χ4v) is 1.83. The lowest BCUT2D eigenvalue weighted by Crippen LogP contribution is -2.31. The number of carbonyl (C=O) groups excluding carboxylic acids is 3. The lowest BCUT2D eigenvalue weighted by molar-refractivity contribution is -0.134. The molecule has 5 nitrogen and oxygen atoms in total. The highest BCUT2D eigenvalue weighted by Gasteiger charge is 2.39. The standard InChI is InChI=1S/C9H4BrClN2O3/c10-4-1-2-5(11)6(3-4)13-8(15)7(14)12-9(13)16/h1-3H,(H,12,14,16). The zero-order valence-electron chi connectivity index (χ0n) is 7.66. The van der Waals surface area contributed by atoms with Crippen LogP contribution in [0.1, 0.15) is 0 Å². The van der Waals surface area contributed by atoms with E-state index in [9.17, 15) is 14.4 Å². The van der Waals surface area contributed by atoms with Crippen LogP contribution in [0.25, 0.3) is 0 Å². The van der Waals surface area contributed by atoms with Gasteiger partial charge in [0.15, 0.2) is 0 Å². The molecule has 1 N–H and O–H groups in total. The third-order valence-corrected chi connectivity index (χ3v) is 2.78. The molecule has 16 heavy (non-hydrogen) atoms. The van der Waals surface area contributed by atoms with Gasteiger partial charge >= 0.3 is 17.8 Å². The van der Waals surface area contributed by atoms with Crippen molar-refractivity contribution >= 4 is 51.1 Å². The first-order valence-corrected chi connectivity index (χ1v) is 5.32. The molecule has 0 spiro atoms. The number of halogens is 2. The van der Waals surface area contributed by atoms with Gasteiger partial charge in [0, 0.05) is 4.47 Å². The Morgan fingerprint density at radius 2 is 1.94 bits per heavy atom. The predicted molar refractivity (Wildman–Crippen MR) is 60.2 cm³/mol. The zero-order chi connectivity index (χ0) is 11.9. The van der Waals surface area contributed by atoms with Crippen molar-refractivity contribution in [2.24, 2.45) is 0 Å². The average molecular weight is 303 g/mol. The number of carbonyl (C=O) groups is 3. The maximum absolute atomic E-state index is 11.4. The van der Waals surface area contributed by atoms with Crippen LogP contribution in [0.15, 0.2) is 22.7 Å². The number of hydrogen-bond donors (Lipinski definition) is 1. The molecule has 4 amide bonds. The van der Waals surface area contributed by atoms with Gasteiger partial charge in [0.25, 0.3) is 0 Å². The molecule has 7 heteroatoms. The molecule has 1 fully saturated rings. The molecule has 0 aromatic heterocycles. The number of nitrogens with one attached hydrogen (secondary N) is 1. The van der Waals surface area contributed by atoms with Crippen LogP contribution in [0.5, 0.6) is 0 Å². The van der Waals surface area contributed by atoms with Crippen LogP contribution in [0.4, 0.5) is 10.5 Å². The molecule has 0 aliphatic carbocycles. The maximum Gasteiger partial charge on any atom is 0.336 e. The van der Waals surface area contributed by atoms with Crippen LogP contribution in [0.2, 0.25) is 5.02 Å². The fourth-order valence-electron chi connectivity index (χ4n) is 1.28. The molecule has 1 saturated heterocycles. The summed E-state index contributed by atoms with van der Waals surface area (Å²) < 4.78 is 0.645. The van der Waals surface area contributed by atoms with Crippen molar-refractivity contribution in [2.45, 2.75) is 0 Å². The topological polar surface area (TPSA) is 66.5 Å². The van der Waals surface area contributed by atoms with Gasteiger partial charge in [-0.3, -0.25) is 14.9 Å². The van der Waals surface area contributed by atoms with E-state index in [0.29, 0.717) is 9.37 Å². The number of hydrogen-bond acceptors (Lipinski definition) is 3. The molecule has 0 radical (unpaired) electrons. The van der Waals surface area contributed by atoms with E-state index in [1.54, 1.807) is 6.07 Å². The highest BCUT2D eigenvalue weighted by molar-refractivity contribution is 9.10. The lowest BCUT2D eigenvalue weighted by Gasteiger charge is -2.13. The minimum Gasteiger partial charge on any atom is -0.269 e. The molecular formula is C9H4BrClN2O3. The van der Waals surface area contributed by atoms with Gasteiger partial charge in [0.1, 0.15) is 0 Å². The van der Waals surface area contributed by atoms with Crippen molar-refractivity contribution in [2.75, 3.05) is 4.90 Å². The SMILES string of the molecule is O=C1NC(=O)N(c2cc(Br)ccc2Cl)C1=O. The van der Waals surface area contributed by atoms with Crippen molar-refractivity contribution in [1.82, 2.24) is 5.32 Å². The van der Waals surface area contributed by atoms with Gasteiger partial charge in [0.2, 0.25) is 0 Å². The normalized spacial score (nSPS) is 15.6. The number of amides is 4. The van der Waals surface area contributed by atoms with Gasteiger partial charge in [0.05, 0.1) is 10.7 Å². The summed E-state index contributed by atoms with van der Waals surface area (Å²) in [6, 6.07) is 3.87. The van der Waals surface area contributed by atoms with E-state index in [4.69, 9.17) is 11.6 Å². The third-order valence-electron chi connectivity index (χ3n) is 1.97. The van der Waals surface area contributed by atoms with Crippen LogP contribution in [0.3, 0.4) is 0 Å². The second-order valence-corrected chi connectivity index (χ2v) is 4.32. The highest BCUT2D eigenvalue weighted by atomic mass is 79.9. The van der Waals surface area contributed by atoms with Crippen molar-refractivity contribution < 1.29 is 14.4 Å². The molecule has 0 bridgehead atoms. The van der Waals surface area contributed by atoms with E-state index in [1.807, 2.05) is 5.32 Å². The molecule has 1 aromatic carbocycles. The van der Waals surface area contributed by atoms with Crippen LogP contribution < -0.4 is 10.2 Å². The van der Waals surface area contributed by atoms with Crippen molar-refractivity contribution in [1.29, 1.82) is 0 Å². The molecule has 0 unspecified atom stereocenters.